The van der Waals surface area contributed by atoms with Crippen molar-refractivity contribution in [3.63, 3.8) is 0 Å². The van der Waals surface area contributed by atoms with E-state index in [2.05, 4.69) is 13.8 Å². The zero-order valence-electron chi connectivity index (χ0n) is 11.9. The molecule has 0 aliphatic heterocycles. The molecule has 0 saturated carbocycles. The Morgan fingerprint density at radius 3 is 1.67 bits per heavy atom. The van der Waals surface area contributed by atoms with Crippen molar-refractivity contribution < 1.29 is 17.8 Å². The fourth-order valence-electron chi connectivity index (χ4n) is 1.21. The normalized spacial score (nSPS) is 12.3. The second-order valence-electron chi connectivity index (χ2n) is 4.27. The molecule has 1 amide bonds. The zero-order chi connectivity index (χ0) is 14.6. The van der Waals surface area contributed by atoms with E-state index >= 15 is 0 Å². The molecule has 0 saturated heterocycles. The molecule has 0 aliphatic carbocycles. The summed E-state index contributed by atoms with van der Waals surface area (Å²) in [7, 11) is -4.13. The van der Waals surface area contributed by atoms with Crippen LogP contribution in [0.3, 0.4) is 0 Å². The standard InChI is InChI=1S/C8H18.C4H9NO4S/c1-3-5-7-8-6-4-2;1-3(6)5-4(2)10(7,8)9/h3-8H2,1-2H3;4H,1-2H3,(H,5,6)(H,7,8,9). The zero-order valence-corrected chi connectivity index (χ0v) is 12.7. The average Bonchev–Trinajstić information content (AvgIpc) is 2.23. The van der Waals surface area contributed by atoms with Crippen LogP contribution in [0.1, 0.15) is 66.2 Å². The lowest BCUT2D eigenvalue weighted by atomic mass is 10.1. The van der Waals surface area contributed by atoms with Gasteiger partial charge in [-0.1, -0.05) is 52.4 Å². The summed E-state index contributed by atoms with van der Waals surface area (Å²) in [5.41, 5.74) is 0. The number of carbonyl (C=O) groups is 1. The van der Waals surface area contributed by atoms with E-state index < -0.39 is 21.4 Å². The predicted molar refractivity (Wildman–Crippen MR) is 73.9 cm³/mol. The molecule has 110 valence electrons. The molecule has 6 heteroatoms. The highest BCUT2D eigenvalue weighted by atomic mass is 32.2. The van der Waals surface area contributed by atoms with Crippen LogP contribution in [0, 0.1) is 0 Å². The number of nitrogens with one attached hydrogen (secondary N) is 1. The second-order valence-corrected chi connectivity index (χ2v) is 6.01. The van der Waals surface area contributed by atoms with Crippen LogP contribution in [0.15, 0.2) is 0 Å². The second kappa shape index (κ2) is 11.5. The molecular formula is C12H27NO4S. The van der Waals surface area contributed by atoms with E-state index in [1.54, 1.807) is 0 Å². The number of hydrogen-bond donors (Lipinski definition) is 2. The third kappa shape index (κ3) is 15.4. The molecule has 0 aromatic rings. The van der Waals surface area contributed by atoms with Gasteiger partial charge in [0.15, 0.2) is 5.37 Å². The molecule has 0 spiro atoms. The molecule has 0 heterocycles. The summed E-state index contributed by atoms with van der Waals surface area (Å²) < 4.78 is 28.7. The highest BCUT2D eigenvalue weighted by molar-refractivity contribution is 7.86. The van der Waals surface area contributed by atoms with Crippen molar-refractivity contribution in [2.45, 2.75) is 71.6 Å². The Hall–Kier alpha value is -0.620. The highest BCUT2D eigenvalue weighted by Gasteiger charge is 2.16. The first-order chi connectivity index (χ1) is 8.25. The van der Waals surface area contributed by atoms with Gasteiger partial charge in [-0.15, -0.1) is 0 Å². The van der Waals surface area contributed by atoms with Crippen molar-refractivity contribution in [1.29, 1.82) is 0 Å². The van der Waals surface area contributed by atoms with Gasteiger partial charge in [0.1, 0.15) is 0 Å². The largest absolute Gasteiger partial charge is 0.338 e. The summed E-state index contributed by atoms with van der Waals surface area (Å²) in [5, 5.41) is 0.774. The third-order valence-corrected chi connectivity index (χ3v) is 3.32. The van der Waals surface area contributed by atoms with Crippen molar-refractivity contribution >= 4 is 16.0 Å². The molecule has 0 rings (SSSR count). The lowest BCUT2D eigenvalue weighted by Crippen LogP contribution is -2.36. The Balaban J connectivity index is 0. The molecule has 0 fully saturated rings. The molecule has 1 unspecified atom stereocenters. The van der Waals surface area contributed by atoms with E-state index in [9.17, 15) is 13.2 Å². The lowest BCUT2D eigenvalue weighted by Gasteiger charge is -2.07. The number of amides is 1. The van der Waals surface area contributed by atoms with Gasteiger partial charge >= 0.3 is 0 Å². The molecular weight excluding hydrogens is 254 g/mol. The molecule has 18 heavy (non-hydrogen) atoms. The van der Waals surface area contributed by atoms with Crippen LogP contribution in [-0.4, -0.2) is 24.3 Å². The van der Waals surface area contributed by atoms with Crippen LogP contribution < -0.4 is 5.32 Å². The van der Waals surface area contributed by atoms with Crippen molar-refractivity contribution in [1.82, 2.24) is 5.32 Å². The third-order valence-electron chi connectivity index (χ3n) is 2.31. The number of carbonyl (C=O) groups excluding carboxylic acids is 1. The number of unbranched alkanes of at least 4 members (excludes halogenated alkanes) is 5. The minimum Gasteiger partial charge on any atom is -0.338 e. The summed E-state index contributed by atoms with van der Waals surface area (Å²) in [6.07, 6.45) is 8.49. The average molecular weight is 281 g/mol. The number of hydrogen-bond acceptors (Lipinski definition) is 3. The Labute approximate surface area is 111 Å². The smallest absolute Gasteiger partial charge is 0.285 e. The molecule has 0 aliphatic rings. The van der Waals surface area contributed by atoms with Gasteiger partial charge in [-0.3, -0.25) is 9.35 Å². The van der Waals surface area contributed by atoms with E-state index in [-0.39, 0.29) is 0 Å². The van der Waals surface area contributed by atoms with Gasteiger partial charge in [-0.2, -0.15) is 8.42 Å². The first-order valence-electron chi connectivity index (χ1n) is 6.49. The van der Waals surface area contributed by atoms with Gasteiger partial charge in [0.05, 0.1) is 0 Å². The molecule has 5 nitrogen and oxygen atoms in total. The fourth-order valence-corrected chi connectivity index (χ4v) is 1.53. The summed E-state index contributed by atoms with van der Waals surface area (Å²) in [4.78, 5) is 10.2. The highest BCUT2D eigenvalue weighted by Crippen LogP contribution is 2.03. The van der Waals surface area contributed by atoms with Crippen LogP contribution in [0.2, 0.25) is 0 Å². The monoisotopic (exact) mass is 281 g/mol. The summed E-state index contributed by atoms with van der Waals surface area (Å²) >= 11 is 0. The number of rotatable bonds is 7. The summed E-state index contributed by atoms with van der Waals surface area (Å²) in [6, 6.07) is 0. The van der Waals surface area contributed by atoms with Gasteiger partial charge in [0.25, 0.3) is 10.1 Å². The summed E-state index contributed by atoms with van der Waals surface area (Å²) in [5.74, 6) is -0.495. The van der Waals surface area contributed by atoms with E-state index in [0.717, 1.165) is 0 Å². The minimum atomic E-state index is -4.13. The Bertz CT molecular complexity index is 295. The quantitative estimate of drug-likeness (QED) is 0.555. The topological polar surface area (TPSA) is 83.5 Å². The van der Waals surface area contributed by atoms with Crippen molar-refractivity contribution in [3.05, 3.63) is 0 Å². The first kappa shape index (κ1) is 19.7. The summed E-state index contributed by atoms with van der Waals surface area (Å²) in [6.45, 7) is 6.86. The van der Waals surface area contributed by atoms with E-state index in [0.29, 0.717) is 0 Å². The fraction of sp³-hybridized carbons (Fsp3) is 0.917. The van der Waals surface area contributed by atoms with Gasteiger partial charge < -0.3 is 5.32 Å². The van der Waals surface area contributed by atoms with Gasteiger partial charge in [-0.25, -0.2) is 0 Å². The van der Waals surface area contributed by atoms with E-state index in [1.807, 2.05) is 5.32 Å². The minimum absolute atomic E-state index is 0.495. The van der Waals surface area contributed by atoms with Gasteiger partial charge in [0.2, 0.25) is 5.91 Å². The molecule has 0 aromatic carbocycles. The molecule has 2 N–H and O–H groups in total. The van der Waals surface area contributed by atoms with Crippen LogP contribution in [0.25, 0.3) is 0 Å². The molecule has 0 bridgehead atoms. The Kier molecular flexibility index (Phi) is 12.6. The van der Waals surface area contributed by atoms with Crippen molar-refractivity contribution in [2.75, 3.05) is 0 Å². The maximum absolute atomic E-state index is 10.2. The maximum Gasteiger partial charge on any atom is 0.285 e. The van der Waals surface area contributed by atoms with Gasteiger partial charge in [0, 0.05) is 6.92 Å². The lowest BCUT2D eigenvalue weighted by molar-refractivity contribution is -0.119. The molecule has 1 atom stereocenters. The van der Waals surface area contributed by atoms with Crippen molar-refractivity contribution in [3.8, 4) is 0 Å². The Morgan fingerprint density at radius 1 is 1.11 bits per heavy atom. The van der Waals surface area contributed by atoms with E-state index in [4.69, 9.17) is 4.55 Å². The van der Waals surface area contributed by atoms with Crippen LogP contribution >= 0.6 is 0 Å². The SMILES string of the molecule is CC(=O)NC(C)S(=O)(=O)O.CCCCCCCC. The molecule has 0 radical (unpaired) electrons. The van der Waals surface area contributed by atoms with Gasteiger partial charge in [-0.05, 0) is 6.92 Å². The van der Waals surface area contributed by atoms with Crippen LogP contribution in [0.4, 0.5) is 0 Å². The first-order valence-corrected chi connectivity index (χ1v) is 7.99. The van der Waals surface area contributed by atoms with E-state index in [1.165, 1.54) is 52.4 Å². The Morgan fingerprint density at radius 2 is 1.50 bits per heavy atom. The molecule has 0 aromatic heterocycles. The predicted octanol–water partition coefficient (Wildman–Crippen LogP) is 2.72. The van der Waals surface area contributed by atoms with Crippen LogP contribution in [-0.2, 0) is 14.9 Å². The van der Waals surface area contributed by atoms with Crippen molar-refractivity contribution in [2.24, 2.45) is 0 Å². The van der Waals surface area contributed by atoms with Crippen LogP contribution in [0.5, 0.6) is 0 Å². The maximum atomic E-state index is 10.2.